The van der Waals surface area contributed by atoms with E-state index < -0.39 is 6.04 Å². The summed E-state index contributed by atoms with van der Waals surface area (Å²) in [6.45, 7) is 3.79. The zero-order valence-corrected chi connectivity index (χ0v) is 16.0. The van der Waals surface area contributed by atoms with Gasteiger partial charge in [0.15, 0.2) is 6.61 Å². The lowest BCUT2D eigenvalue weighted by Crippen LogP contribution is -2.49. The Kier molecular flexibility index (Phi) is 7.61. The molecule has 0 fully saturated rings. The molecule has 2 aromatic carbocycles. The van der Waals surface area contributed by atoms with Crippen molar-refractivity contribution in [3.8, 4) is 5.75 Å². The van der Waals surface area contributed by atoms with E-state index in [2.05, 4.69) is 5.32 Å². The van der Waals surface area contributed by atoms with Gasteiger partial charge in [-0.2, -0.15) is 0 Å². The SMILES string of the molecule is CCNC(=O)[C@@H](C)N(Cc1ccc(F)cc1)C(=O)COc1ccccc1Cl. The highest BCUT2D eigenvalue weighted by Crippen LogP contribution is 2.23. The topological polar surface area (TPSA) is 58.6 Å². The van der Waals surface area contributed by atoms with Crippen LogP contribution in [-0.2, 0) is 16.1 Å². The van der Waals surface area contributed by atoms with Crippen molar-refractivity contribution in [2.24, 2.45) is 0 Å². The van der Waals surface area contributed by atoms with Crippen molar-refractivity contribution in [2.75, 3.05) is 13.2 Å². The van der Waals surface area contributed by atoms with Gasteiger partial charge in [-0.05, 0) is 43.7 Å². The van der Waals surface area contributed by atoms with Crippen molar-refractivity contribution in [1.29, 1.82) is 0 Å². The Morgan fingerprint density at radius 3 is 2.48 bits per heavy atom. The molecular formula is C20H22ClFN2O3. The van der Waals surface area contributed by atoms with E-state index in [1.165, 1.54) is 17.0 Å². The van der Waals surface area contributed by atoms with Gasteiger partial charge in [-0.15, -0.1) is 0 Å². The number of rotatable bonds is 8. The molecule has 7 heteroatoms. The van der Waals surface area contributed by atoms with E-state index >= 15 is 0 Å². The molecule has 144 valence electrons. The van der Waals surface area contributed by atoms with Crippen LogP contribution in [0.5, 0.6) is 5.75 Å². The van der Waals surface area contributed by atoms with Crippen LogP contribution in [-0.4, -0.2) is 35.9 Å². The molecule has 0 aliphatic carbocycles. The van der Waals surface area contributed by atoms with Crippen molar-refractivity contribution in [1.82, 2.24) is 10.2 Å². The lowest BCUT2D eigenvalue weighted by atomic mass is 10.1. The number of hydrogen-bond acceptors (Lipinski definition) is 3. The average molecular weight is 393 g/mol. The summed E-state index contributed by atoms with van der Waals surface area (Å²) in [4.78, 5) is 26.4. The van der Waals surface area contributed by atoms with Crippen LogP contribution < -0.4 is 10.1 Å². The van der Waals surface area contributed by atoms with E-state index in [9.17, 15) is 14.0 Å². The van der Waals surface area contributed by atoms with Gasteiger partial charge in [-0.25, -0.2) is 4.39 Å². The van der Waals surface area contributed by atoms with Crippen molar-refractivity contribution >= 4 is 23.4 Å². The largest absolute Gasteiger partial charge is 0.482 e. The molecule has 5 nitrogen and oxygen atoms in total. The molecule has 1 N–H and O–H groups in total. The maximum atomic E-state index is 13.1. The van der Waals surface area contributed by atoms with Crippen LogP contribution in [0, 0.1) is 5.82 Å². The van der Waals surface area contributed by atoms with Gasteiger partial charge in [0.05, 0.1) is 5.02 Å². The molecule has 0 saturated heterocycles. The van der Waals surface area contributed by atoms with Crippen LogP contribution in [0.1, 0.15) is 19.4 Å². The Morgan fingerprint density at radius 1 is 1.19 bits per heavy atom. The molecule has 0 aliphatic rings. The Hall–Kier alpha value is -2.60. The molecule has 0 saturated carbocycles. The van der Waals surface area contributed by atoms with Crippen LogP contribution in [0.25, 0.3) is 0 Å². The first-order chi connectivity index (χ1) is 12.9. The minimum absolute atomic E-state index is 0.156. The Bertz CT molecular complexity index is 783. The smallest absolute Gasteiger partial charge is 0.261 e. The summed E-state index contributed by atoms with van der Waals surface area (Å²) >= 11 is 6.04. The Morgan fingerprint density at radius 2 is 1.85 bits per heavy atom. The van der Waals surface area contributed by atoms with Crippen molar-refractivity contribution in [3.05, 3.63) is 64.9 Å². The zero-order chi connectivity index (χ0) is 19.8. The number of hydrogen-bond donors (Lipinski definition) is 1. The van der Waals surface area contributed by atoms with Gasteiger partial charge in [-0.1, -0.05) is 35.9 Å². The summed E-state index contributed by atoms with van der Waals surface area (Å²) < 4.78 is 18.7. The van der Waals surface area contributed by atoms with Crippen molar-refractivity contribution < 1.29 is 18.7 Å². The standard InChI is InChI=1S/C20H22ClFN2O3/c1-3-23-20(26)14(2)24(12-15-8-10-16(22)11-9-15)19(25)13-27-18-7-5-4-6-17(18)21/h4-11,14H,3,12-13H2,1-2H3,(H,23,26)/t14-/m1/s1. The van der Waals surface area contributed by atoms with Gasteiger partial charge in [-0.3, -0.25) is 9.59 Å². The van der Waals surface area contributed by atoms with Gasteiger partial charge in [0.2, 0.25) is 5.91 Å². The molecule has 0 aliphatic heterocycles. The van der Waals surface area contributed by atoms with Gasteiger partial charge >= 0.3 is 0 Å². The van der Waals surface area contributed by atoms with Crippen LogP contribution in [0.2, 0.25) is 5.02 Å². The minimum atomic E-state index is -0.711. The summed E-state index contributed by atoms with van der Waals surface area (Å²) in [5, 5.41) is 3.10. The lowest BCUT2D eigenvalue weighted by Gasteiger charge is -2.28. The van der Waals surface area contributed by atoms with Crippen molar-refractivity contribution in [3.63, 3.8) is 0 Å². The Labute approximate surface area is 163 Å². The highest BCUT2D eigenvalue weighted by Gasteiger charge is 2.26. The zero-order valence-electron chi connectivity index (χ0n) is 15.2. The number of benzene rings is 2. The molecule has 2 aromatic rings. The molecular weight excluding hydrogens is 371 g/mol. The molecule has 1 atom stereocenters. The quantitative estimate of drug-likeness (QED) is 0.749. The third kappa shape index (κ3) is 5.96. The highest BCUT2D eigenvalue weighted by atomic mass is 35.5. The van der Waals surface area contributed by atoms with E-state index in [0.29, 0.717) is 22.9 Å². The number of nitrogens with zero attached hydrogens (tertiary/aromatic N) is 1. The van der Waals surface area contributed by atoms with Gasteiger partial charge < -0.3 is 15.0 Å². The lowest BCUT2D eigenvalue weighted by molar-refractivity contribution is -0.142. The third-order valence-electron chi connectivity index (χ3n) is 3.97. The molecule has 2 rings (SSSR count). The van der Waals surface area contributed by atoms with Gasteiger partial charge in [0.25, 0.3) is 5.91 Å². The van der Waals surface area contributed by atoms with Gasteiger partial charge in [0, 0.05) is 13.1 Å². The number of carbonyl (C=O) groups is 2. The first-order valence-electron chi connectivity index (χ1n) is 8.61. The normalized spacial score (nSPS) is 11.6. The van der Waals surface area contributed by atoms with Crippen LogP contribution >= 0.6 is 11.6 Å². The summed E-state index contributed by atoms with van der Waals surface area (Å²) in [5.74, 6) is -0.626. The molecule has 0 spiro atoms. The maximum absolute atomic E-state index is 13.1. The van der Waals surface area contributed by atoms with Crippen molar-refractivity contribution in [2.45, 2.75) is 26.4 Å². The van der Waals surface area contributed by atoms with Gasteiger partial charge in [0.1, 0.15) is 17.6 Å². The fourth-order valence-electron chi connectivity index (χ4n) is 2.48. The molecule has 0 bridgehead atoms. The van der Waals surface area contributed by atoms with Crippen LogP contribution in [0.3, 0.4) is 0 Å². The minimum Gasteiger partial charge on any atom is -0.482 e. The molecule has 2 amide bonds. The predicted molar refractivity (Wildman–Crippen MR) is 102 cm³/mol. The number of halogens is 2. The average Bonchev–Trinajstić information content (AvgIpc) is 2.66. The molecule has 0 unspecified atom stereocenters. The maximum Gasteiger partial charge on any atom is 0.261 e. The number of para-hydroxylation sites is 1. The fourth-order valence-corrected chi connectivity index (χ4v) is 2.67. The summed E-state index contributed by atoms with van der Waals surface area (Å²) in [6, 6.07) is 11.9. The summed E-state index contributed by atoms with van der Waals surface area (Å²) in [5.41, 5.74) is 0.707. The van der Waals surface area contributed by atoms with Crippen LogP contribution in [0.15, 0.2) is 48.5 Å². The molecule has 0 aromatic heterocycles. The third-order valence-corrected chi connectivity index (χ3v) is 4.28. The predicted octanol–water partition coefficient (Wildman–Crippen LogP) is 3.41. The van der Waals surface area contributed by atoms with E-state index in [0.717, 1.165) is 0 Å². The highest BCUT2D eigenvalue weighted by molar-refractivity contribution is 6.32. The van der Waals surface area contributed by atoms with E-state index in [1.807, 2.05) is 0 Å². The second-order valence-electron chi connectivity index (χ2n) is 5.94. The number of nitrogens with one attached hydrogen (secondary N) is 1. The first kappa shape index (κ1) is 20.7. The van der Waals surface area contributed by atoms with E-state index in [-0.39, 0.29) is 30.8 Å². The second-order valence-corrected chi connectivity index (χ2v) is 6.34. The number of carbonyl (C=O) groups excluding carboxylic acids is 2. The monoisotopic (exact) mass is 392 g/mol. The fraction of sp³-hybridized carbons (Fsp3) is 0.300. The molecule has 27 heavy (non-hydrogen) atoms. The summed E-state index contributed by atoms with van der Waals surface area (Å²) in [6.07, 6.45) is 0. The number of amides is 2. The molecule has 0 heterocycles. The van der Waals surface area contributed by atoms with E-state index in [1.54, 1.807) is 50.2 Å². The van der Waals surface area contributed by atoms with Crippen LogP contribution in [0.4, 0.5) is 4.39 Å². The van der Waals surface area contributed by atoms with E-state index in [4.69, 9.17) is 16.3 Å². The number of likely N-dealkylation sites (N-methyl/N-ethyl adjacent to an activating group) is 1. The summed E-state index contributed by atoms with van der Waals surface area (Å²) in [7, 11) is 0. The second kappa shape index (κ2) is 9.92. The Balaban J connectivity index is 2.14. The number of ether oxygens (including phenoxy) is 1. The first-order valence-corrected chi connectivity index (χ1v) is 8.99. The molecule has 0 radical (unpaired) electrons.